The highest BCUT2D eigenvalue weighted by Gasteiger charge is 2.47. The Morgan fingerprint density at radius 3 is 2.35 bits per heavy atom. The minimum Gasteiger partial charge on any atom is -0.465 e. The first-order valence-electron chi connectivity index (χ1n) is 9.85. The topological polar surface area (TPSA) is 59.1 Å². The van der Waals surface area contributed by atoms with Crippen molar-refractivity contribution in [3.63, 3.8) is 0 Å². The standard InChI is InChI=1S/C22H21Br2ClN2O4/c1-30-20(28)15-2-4-16(5-3-15)27-13-22(31-21(27)29)6-8-26(9-7-22)12-14-10-17(23)19(25)18(24)11-14/h2-5,10-11H,6-9,12-13H2,1H3. The van der Waals surface area contributed by atoms with Crippen LogP contribution in [0.1, 0.15) is 28.8 Å². The Kier molecular flexibility index (Phi) is 6.62. The maximum absolute atomic E-state index is 12.6. The number of rotatable bonds is 4. The zero-order chi connectivity index (χ0) is 22.2. The van der Waals surface area contributed by atoms with Gasteiger partial charge in [-0.25, -0.2) is 9.59 Å². The predicted molar refractivity (Wildman–Crippen MR) is 126 cm³/mol. The van der Waals surface area contributed by atoms with Gasteiger partial charge < -0.3 is 9.47 Å². The molecule has 1 amide bonds. The van der Waals surface area contributed by atoms with Crippen LogP contribution < -0.4 is 4.90 Å². The molecule has 6 nitrogen and oxygen atoms in total. The molecule has 0 radical (unpaired) electrons. The van der Waals surface area contributed by atoms with Crippen molar-refractivity contribution < 1.29 is 19.1 Å². The van der Waals surface area contributed by atoms with Crippen LogP contribution in [-0.4, -0.2) is 49.3 Å². The number of methoxy groups -OCH3 is 1. The van der Waals surface area contributed by atoms with Gasteiger partial charge in [0.15, 0.2) is 0 Å². The SMILES string of the molecule is COC(=O)c1ccc(N2CC3(CCN(Cc4cc(Br)c(Cl)c(Br)c4)CC3)OC2=O)cc1. The van der Waals surface area contributed by atoms with Crippen LogP contribution in [0.2, 0.25) is 5.02 Å². The first kappa shape index (κ1) is 22.6. The smallest absolute Gasteiger partial charge is 0.415 e. The molecule has 2 aromatic rings. The van der Waals surface area contributed by atoms with Gasteiger partial charge in [-0.05, 0) is 73.8 Å². The summed E-state index contributed by atoms with van der Waals surface area (Å²) in [6.45, 7) is 2.98. The Labute approximate surface area is 202 Å². The van der Waals surface area contributed by atoms with E-state index in [1.54, 1.807) is 29.2 Å². The van der Waals surface area contributed by atoms with Crippen LogP contribution in [0.25, 0.3) is 0 Å². The summed E-state index contributed by atoms with van der Waals surface area (Å²) in [4.78, 5) is 28.2. The fourth-order valence-electron chi connectivity index (χ4n) is 4.05. The second-order valence-corrected chi connectivity index (χ2v) is 9.91. The molecule has 1 spiro atoms. The van der Waals surface area contributed by atoms with E-state index in [0.29, 0.717) is 22.8 Å². The Bertz CT molecular complexity index is 984. The number of ether oxygens (including phenoxy) is 2. The molecule has 2 saturated heterocycles. The Morgan fingerprint density at radius 2 is 1.77 bits per heavy atom. The third kappa shape index (κ3) is 4.77. The number of benzene rings is 2. The molecule has 0 bridgehead atoms. The predicted octanol–water partition coefficient (Wildman–Crippen LogP) is 5.64. The normalized spacial score (nSPS) is 18.3. The Balaban J connectivity index is 1.39. The molecule has 4 rings (SSSR count). The molecule has 9 heteroatoms. The second kappa shape index (κ2) is 9.10. The molecule has 0 atom stereocenters. The monoisotopic (exact) mass is 570 g/mol. The quantitative estimate of drug-likeness (QED) is 0.351. The van der Waals surface area contributed by atoms with Crippen molar-refractivity contribution in [1.29, 1.82) is 0 Å². The zero-order valence-corrected chi connectivity index (χ0v) is 20.8. The van der Waals surface area contributed by atoms with Crippen molar-refractivity contribution >= 4 is 61.2 Å². The van der Waals surface area contributed by atoms with Crippen molar-refractivity contribution in [3.05, 3.63) is 61.5 Å². The molecule has 0 aromatic heterocycles. The molecule has 0 unspecified atom stereocenters. The van der Waals surface area contributed by atoms with Gasteiger partial charge in [-0.2, -0.15) is 0 Å². The van der Waals surface area contributed by atoms with E-state index in [2.05, 4.69) is 36.8 Å². The van der Waals surface area contributed by atoms with Gasteiger partial charge in [-0.15, -0.1) is 0 Å². The highest BCUT2D eigenvalue weighted by Crippen LogP contribution is 2.37. The second-order valence-electron chi connectivity index (χ2n) is 7.83. The molecule has 164 valence electrons. The number of amides is 1. The Morgan fingerprint density at radius 1 is 1.16 bits per heavy atom. The van der Waals surface area contributed by atoms with Gasteiger partial charge in [-0.3, -0.25) is 9.80 Å². The number of esters is 1. The number of piperidine rings is 1. The van der Waals surface area contributed by atoms with Crippen LogP contribution in [0.15, 0.2) is 45.3 Å². The molecular formula is C22H21Br2ClN2O4. The van der Waals surface area contributed by atoms with Crippen LogP contribution in [0.5, 0.6) is 0 Å². The molecule has 2 aliphatic heterocycles. The van der Waals surface area contributed by atoms with Gasteiger partial charge in [0.05, 0.1) is 24.2 Å². The van der Waals surface area contributed by atoms with E-state index < -0.39 is 11.6 Å². The molecule has 0 N–H and O–H groups in total. The lowest BCUT2D eigenvalue weighted by Crippen LogP contribution is -2.46. The van der Waals surface area contributed by atoms with Crippen LogP contribution in [0, 0.1) is 0 Å². The fraction of sp³-hybridized carbons (Fsp3) is 0.364. The van der Waals surface area contributed by atoms with Crippen LogP contribution in [0.4, 0.5) is 10.5 Å². The summed E-state index contributed by atoms with van der Waals surface area (Å²) in [5.74, 6) is -0.404. The summed E-state index contributed by atoms with van der Waals surface area (Å²) in [6.07, 6.45) is 1.20. The van der Waals surface area contributed by atoms with Gasteiger partial charge in [0, 0.05) is 47.1 Å². The van der Waals surface area contributed by atoms with E-state index in [4.69, 9.17) is 21.1 Å². The van der Waals surface area contributed by atoms with Gasteiger partial charge in [0.1, 0.15) is 5.60 Å². The lowest BCUT2D eigenvalue weighted by molar-refractivity contribution is -0.000984. The lowest BCUT2D eigenvalue weighted by atomic mass is 9.91. The van der Waals surface area contributed by atoms with E-state index >= 15 is 0 Å². The van der Waals surface area contributed by atoms with E-state index in [0.717, 1.165) is 47.0 Å². The summed E-state index contributed by atoms with van der Waals surface area (Å²) >= 11 is 13.2. The van der Waals surface area contributed by atoms with Crippen molar-refractivity contribution in [2.24, 2.45) is 0 Å². The lowest BCUT2D eigenvalue weighted by Gasteiger charge is -2.37. The van der Waals surface area contributed by atoms with Gasteiger partial charge >= 0.3 is 12.1 Å². The molecule has 2 heterocycles. The molecule has 0 saturated carbocycles. The number of likely N-dealkylation sites (tertiary alicyclic amines) is 1. The molecule has 31 heavy (non-hydrogen) atoms. The van der Waals surface area contributed by atoms with E-state index in [-0.39, 0.29) is 6.09 Å². The highest BCUT2D eigenvalue weighted by molar-refractivity contribution is 9.11. The highest BCUT2D eigenvalue weighted by atomic mass is 79.9. The molecular weight excluding hydrogens is 552 g/mol. The minimum atomic E-state index is -0.476. The molecule has 0 aliphatic carbocycles. The third-order valence-corrected chi connectivity index (χ3v) is 7.90. The van der Waals surface area contributed by atoms with Crippen LogP contribution in [-0.2, 0) is 16.0 Å². The number of hydrogen-bond acceptors (Lipinski definition) is 5. The number of hydrogen-bond donors (Lipinski definition) is 0. The first-order chi connectivity index (χ1) is 14.8. The Hall–Kier alpha value is -1.61. The summed E-state index contributed by atoms with van der Waals surface area (Å²) in [7, 11) is 1.34. The summed E-state index contributed by atoms with van der Waals surface area (Å²) in [6, 6.07) is 10.9. The summed E-state index contributed by atoms with van der Waals surface area (Å²) in [5, 5.41) is 0.666. The number of carbonyl (C=O) groups excluding carboxylic acids is 2. The molecule has 2 fully saturated rings. The van der Waals surface area contributed by atoms with E-state index in [1.165, 1.54) is 7.11 Å². The first-order valence-corrected chi connectivity index (χ1v) is 11.8. The number of halogens is 3. The molecule has 2 aliphatic rings. The largest absolute Gasteiger partial charge is 0.465 e. The van der Waals surface area contributed by atoms with E-state index in [1.807, 2.05) is 12.1 Å². The van der Waals surface area contributed by atoms with Gasteiger partial charge in [0.25, 0.3) is 0 Å². The minimum absolute atomic E-state index is 0.343. The fourth-order valence-corrected chi connectivity index (χ4v) is 5.44. The van der Waals surface area contributed by atoms with Crippen molar-refractivity contribution in [3.8, 4) is 0 Å². The van der Waals surface area contributed by atoms with Gasteiger partial charge in [-0.1, -0.05) is 11.6 Å². The van der Waals surface area contributed by atoms with E-state index in [9.17, 15) is 9.59 Å². The summed E-state index contributed by atoms with van der Waals surface area (Å²) in [5.41, 5.74) is 1.85. The van der Waals surface area contributed by atoms with Crippen LogP contribution in [0.3, 0.4) is 0 Å². The summed E-state index contributed by atoms with van der Waals surface area (Å²) < 4.78 is 12.3. The number of anilines is 1. The third-order valence-electron chi connectivity index (χ3n) is 5.79. The molecule has 2 aromatic carbocycles. The van der Waals surface area contributed by atoms with Crippen molar-refractivity contribution in [1.82, 2.24) is 4.90 Å². The average Bonchev–Trinajstić information content (AvgIpc) is 3.09. The van der Waals surface area contributed by atoms with Gasteiger partial charge in [0.2, 0.25) is 0 Å². The average molecular weight is 573 g/mol. The van der Waals surface area contributed by atoms with Crippen molar-refractivity contribution in [2.45, 2.75) is 25.0 Å². The number of nitrogens with zero attached hydrogens (tertiary/aromatic N) is 2. The maximum atomic E-state index is 12.6. The van der Waals surface area contributed by atoms with Crippen LogP contribution >= 0.6 is 43.5 Å². The number of carbonyl (C=O) groups is 2. The zero-order valence-electron chi connectivity index (χ0n) is 16.9. The maximum Gasteiger partial charge on any atom is 0.415 e. The van der Waals surface area contributed by atoms with Crippen molar-refractivity contribution in [2.75, 3.05) is 31.6 Å².